The van der Waals surface area contributed by atoms with Crippen LogP contribution in [0.2, 0.25) is 0 Å². The van der Waals surface area contributed by atoms with E-state index >= 15 is 0 Å². The van der Waals surface area contributed by atoms with Crippen LogP contribution in [0.3, 0.4) is 0 Å². The van der Waals surface area contributed by atoms with E-state index in [-0.39, 0.29) is 5.70 Å². The molecule has 2 aromatic heterocycles. The molecule has 7 nitrogen and oxygen atoms in total. The monoisotopic (exact) mass is 495 g/mol. The lowest BCUT2D eigenvalue weighted by molar-refractivity contribution is -0.127. The maximum atomic E-state index is 13.0. The SMILES string of the molecule is C/C=C(\C=C/CC#N)N1CCc2c(ncnc2Nc2ccc(NC(CC(F)(F)F)=C3CCC3)cn2)C1. The lowest BCUT2D eigenvalue weighted by Crippen LogP contribution is -2.30. The van der Waals surface area contributed by atoms with Crippen molar-refractivity contribution >= 4 is 17.3 Å². The third-order valence-electron chi connectivity index (χ3n) is 6.23. The molecule has 0 bridgehead atoms. The first kappa shape index (κ1) is 25.2. The molecule has 0 saturated heterocycles. The van der Waals surface area contributed by atoms with Crippen LogP contribution < -0.4 is 10.6 Å². The van der Waals surface area contributed by atoms with Crippen LogP contribution in [0.5, 0.6) is 0 Å². The molecule has 2 aliphatic rings. The zero-order chi connectivity index (χ0) is 25.5. The van der Waals surface area contributed by atoms with Gasteiger partial charge < -0.3 is 15.5 Å². The van der Waals surface area contributed by atoms with Gasteiger partial charge in [-0.1, -0.05) is 17.7 Å². The van der Waals surface area contributed by atoms with Crippen molar-refractivity contribution < 1.29 is 13.2 Å². The molecule has 10 heteroatoms. The number of hydrogen-bond acceptors (Lipinski definition) is 7. The third-order valence-corrected chi connectivity index (χ3v) is 6.23. The standard InChI is InChI=1S/C26H28F3N7/c1-2-20(8-3-4-12-30)36-13-11-21-23(16-36)32-17-33-25(21)35-24-10-9-19(15-31-24)34-22(14-26(27,28)29)18-6-5-7-18/h2-3,8-10,15,17,34H,4-7,11,13-14,16H2,1H3,(H,31,32,33,35)/b8-3-,20-2+. The minimum absolute atomic E-state index is 0.230. The first-order chi connectivity index (χ1) is 17.4. The van der Waals surface area contributed by atoms with Gasteiger partial charge >= 0.3 is 6.18 Å². The van der Waals surface area contributed by atoms with E-state index in [2.05, 4.69) is 36.6 Å². The van der Waals surface area contributed by atoms with E-state index in [1.807, 2.05) is 25.2 Å². The molecular weight excluding hydrogens is 467 g/mol. The summed E-state index contributed by atoms with van der Waals surface area (Å²) in [5.74, 6) is 1.22. The first-order valence-electron chi connectivity index (χ1n) is 11.9. The molecule has 1 aliphatic heterocycles. The molecule has 4 rings (SSSR count). The number of fused-ring (bicyclic) bond motifs is 1. The average molecular weight is 496 g/mol. The van der Waals surface area contributed by atoms with Gasteiger partial charge in [0.25, 0.3) is 0 Å². The van der Waals surface area contributed by atoms with E-state index in [1.165, 1.54) is 12.5 Å². The second-order valence-electron chi connectivity index (χ2n) is 8.71. The van der Waals surface area contributed by atoms with Gasteiger partial charge in [0.2, 0.25) is 0 Å². The van der Waals surface area contributed by atoms with E-state index in [0.29, 0.717) is 43.1 Å². The molecule has 2 aromatic rings. The molecule has 0 spiro atoms. The lowest BCUT2D eigenvalue weighted by atomic mass is 9.89. The third kappa shape index (κ3) is 6.42. The number of pyridine rings is 1. The van der Waals surface area contributed by atoms with Crippen molar-refractivity contribution in [2.75, 3.05) is 17.2 Å². The van der Waals surface area contributed by atoms with Gasteiger partial charge in [-0.15, -0.1) is 0 Å². The lowest BCUT2D eigenvalue weighted by Gasteiger charge is -2.31. The molecule has 0 atom stereocenters. The average Bonchev–Trinajstić information content (AvgIpc) is 2.81. The van der Waals surface area contributed by atoms with Crippen LogP contribution in [-0.4, -0.2) is 32.6 Å². The normalized spacial score (nSPS) is 15.8. The Morgan fingerprint density at radius 2 is 2.03 bits per heavy atom. The summed E-state index contributed by atoms with van der Waals surface area (Å²) in [6.07, 6.45) is 7.05. The van der Waals surface area contributed by atoms with Crippen molar-refractivity contribution in [3.63, 3.8) is 0 Å². The number of aromatic nitrogens is 3. The quantitative estimate of drug-likeness (QED) is 0.425. The van der Waals surface area contributed by atoms with Crippen molar-refractivity contribution in [1.82, 2.24) is 19.9 Å². The molecule has 0 radical (unpaired) electrons. The van der Waals surface area contributed by atoms with Gasteiger partial charge in [-0.25, -0.2) is 15.0 Å². The van der Waals surface area contributed by atoms with Crippen LogP contribution in [-0.2, 0) is 13.0 Å². The number of nitriles is 1. The van der Waals surface area contributed by atoms with Gasteiger partial charge in [0, 0.05) is 23.5 Å². The highest BCUT2D eigenvalue weighted by molar-refractivity contribution is 5.60. The maximum absolute atomic E-state index is 13.0. The van der Waals surface area contributed by atoms with Gasteiger partial charge in [0.1, 0.15) is 18.0 Å². The Morgan fingerprint density at radius 1 is 1.19 bits per heavy atom. The molecule has 36 heavy (non-hydrogen) atoms. The highest BCUT2D eigenvalue weighted by atomic mass is 19.4. The van der Waals surface area contributed by atoms with Gasteiger partial charge in [-0.2, -0.15) is 18.4 Å². The summed E-state index contributed by atoms with van der Waals surface area (Å²) in [6, 6.07) is 5.55. The van der Waals surface area contributed by atoms with E-state index in [4.69, 9.17) is 5.26 Å². The first-order valence-corrected chi connectivity index (χ1v) is 11.9. The van der Waals surface area contributed by atoms with E-state index in [0.717, 1.165) is 41.9 Å². The van der Waals surface area contributed by atoms with E-state index in [9.17, 15) is 13.2 Å². The highest BCUT2D eigenvalue weighted by Crippen LogP contribution is 2.35. The van der Waals surface area contributed by atoms with Gasteiger partial charge in [0.15, 0.2) is 0 Å². The number of nitrogens with one attached hydrogen (secondary N) is 2. The summed E-state index contributed by atoms with van der Waals surface area (Å²) in [5, 5.41) is 14.9. The van der Waals surface area contributed by atoms with Crippen LogP contribution in [0.1, 0.15) is 50.3 Å². The number of halogens is 3. The minimum Gasteiger partial charge on any atom is -0.366 e. The van der Waals surface area contributed by atoms with Crippen LogP contribution in [0.4, 0.5) is 30.5 Å². The number of rotatable bonds is 8. The van der Waals surface area contributed by atoms with Crippen LogP contribution in [0.25, 0.3) is 0 Å². The Hall–Kier alpha value is -3.87. The summed E-state index contributed by atoms with van der Waals surface area (Å²) in [7, 11) is 0. The number of hydrogen-bond donors (Lipinski definition) is 2. The van der Waals surface area contributed by atoms with Crippen molar-refractivity contribution in [1.29, 1.82) is 5.26 Å². The Morgan fingerprint density at radius 3 is 2.67 bits per heavy atom. The second-order valence-corrected chi connectivity index (χ2v) is 8.71. The van der Waals surface area contributed by atoms with Crippen molar-refractivity contribution in [2.24, 2.45) is 0 Å². The summed E-state index contributed by atoms with van der Waals surface area (Å²) < 4.78 is 39.0. The molecule has 0 aromatic carbocycles. The number of anilines is 3. The molecule has 1 aliphatic carbocycles. The Bertz CT molecular complexity index is 1200. The second kappa shape index (κ2) is 11.2. The molecule has 3 heterocycles. The fraction of sp³-hybridized carbons (Fsp3) is 0.385. The van der Waals surface area contributed by atoms with Crippen molar-refractivity contribution in [3.05, 3.63) is 71.1 Å². The van der Waals surface area contributed by atoms with E-state index in [1.54, 1.807) is 12.1 Å². The maximum Gasteiger partial charge on any atom is 0.394 e. The highest BCUT2D eigenvalue weighted by Gasteiger charge is 2.31. The fourth-order valence-corrected chi connectivity index (χ4v) is 4.25. The molecule has 1 fully saturated rings. The van der Waals surface area contributed by atoms with Crippen LogP contribution >= 0.6 is 0 Å². The predicted molar refractivity (Wildman–Crippen MR) is 132 cm³/mol. The molecule has 0 unspecified atom stereocenters. The number of allylic oxidation sites excluding steroid dienone is 5. The summed E-state index contributed by atoms with van der Waals surface area (Å²) in [5.41, 5.74) is 4.54. The summed E-state index contributed by atoms with van der Waals surface area (Å²) >= 11 is 0. The van der Waals surface area contributed by atoms with Gasteiger partial charge in [-0.05, 0) is 50.8 Å². The summed E-state index contributed by atoms with van der Waals surface area (Å²) in [6.45, 7) is 3.36. The van der Waals surface area contributed by atoms with Crippen LogP contribution in [0, 0.1) is 11.3 Å². The Kier molecular flexibility index (Phi) is 7.88. The topological polar surface area (TPSA) is 89.8 Å². The predicted octanol–water partition coefficient (Wildman–Crippen LogP) is 6.15. The molecular formula is C26H28F3N7. The molecule has 1 saturated carbocycles. The minimum atomic E-state index is -4.26. The Labute approximate surface area is 208 Å². The number of nitrogens with zero attached hydrogens (tertiary/aromatic N) is 5. The van der Waals surface area contributed by atoms with Gasteiger partial charge in [0.05, 0.1) is 43.0 Å². The van der Waals surface area contributed by atoms with Crippen LogP contribution in [0.15, 0.2) is 59.9 Å². The van der Waals surface area contributed by atoms with E-state index < -0.39 is 12.6 Å². The molecule has 2 N–H and O–H groups in total. The van der Waals surface area contributed by atoms with Crippen molar-refractivity contribution in [3.8, 4) is 6.07 Å². The summed E-state index contributed by atoms with van der Waals surface area (Å²) in [4.78, 5) is 15.5. The number of alkyl halides is 3. The fourth-order valence-electron chi connectivity index (χ4n) is 4.25. The molecule has 0 amide bonds. The zero-order valence-corrected chi connectivity index (χ0v) is 20.1. The zero-order valence-electron chi connectivity index (χ0n) is 20.1. The van der Waals surface area contributed by atoms with Gasteiger partial charge in [-0.3, -0.25) is 0 Å². The molecule has 188 valence electrons. The smallest absolute Gasteiger partial charge is 0.366 e. The largest absolute Gasteiger partial charge is 0.394 e. The van der Waals surface area contributed by atoms with Crippen molar-refractivity contribution in [2.45, 2.75) is 58.2 Å². The Balaban J connectivity index is 1.44.